The highest BCUT2D eigenvalue weighted by Gasteiger charge is 2.00. The highest BCUT2D eigenvalue weighted by molar-refractivity contribution is 6.19. The van der Waals surface area contributed by atoms with Gasteiger partial charge in [0.2, 0.25) is 0 Å². The fourth-order valence-corrected chi connectivity index (χ4v) is 1.70. The van der Waals surface area contributed by atoms with Crippen molar-refractivity contribution in [2.24, 2.45) is 0 Å². The van der Waals surface area contributed by atoms with Crippen LogP contribution in [0.3, 0.4) is 0 Å². The Morgan fingerprint density at radius 1 is 1.11 bits per heavy atom. The third kappa shape index (κ3) is 4.31. The third-order valence-electron chi connectivity index (χ3n) is 2.52. The van der Waals surface area contributed by atoms with Crippen LogP contribution in [0, 0.1) is 11.8 Å². The van der Waals surface area contributed by atoms with Crippen LogP contribution >= 0.6 is 11.6 Å². The Bertz CT molecular complexity index is 572. The number of halogens is 1. The van der Waals surface area contributed by atoms with Gasteiger partial charge in [0, 0.05) is 18.3 Å². The van der Waals surface area contributed by atoms with Gasteiger partial charge in [-0.1, -0.05) is 30.0 Å². The molecule has 0 bridgehead atoms. The lowest BCUT2D eigenvalue weighted by Crippen LogP contribution is -2.03. The summed E-state index contributed by atoms with van der Waals surface area (Å²) < 4.78 is 5.75. The summed E-state index contributed by atoms with van der Waals surface area (Å²) >= 11 is 5.57. The van der Waals surface area contributed by atoms with E-state index in [1.54, 1.807) is 6.20 Å². The Morgan fingerprint density at radius 2 is 1.95 bits per heavy atom. The summed E-state index contributed by atoms with van der Waals surface area (Å²) in [5.41, 5.74) is 1.89. The van der Waals surface area contributed by atoms with E-state index in [2.05, 4.69) is 16.8 Å². The Kier molecular flexibility index (Phi) is 5.28. The number of nitrogens with zero attached hydrogens (tertiary/aromatic N) is 1. The van der Waals surface area contributed by atoms with E-state index in [0.717, 1.165) is 23.4 Å². The molecular formula is C16H14ClNO. The minimum atomic E-state index is 0.322. The van der Waals surface area contributed by atoms with Gasteiger partial charge in [-0.25, -0.2) is 0 Å². The molecule has 3 heteroatoms. The molecule has 0 unspecified atom stereocenters. The molecule has 0 aliphatic carbocycles. The second kappa shape index (κ2) is 7.45. The standard InChI is InChI=1S/C16H14ClNO/c17-11-5-7-14-6-1-2-9-16(14)19-13-10-15-8-3-4-12-18-15/h1-4,6,8-9,12H,10-11,13H2. The summed E-state index contributed by atoms with van der Waals surface area (Å²) in [6.45, 7) is 0.580. The molecule has 2 nitrogen and oxygen atoms in total. The smallest absolute Gasteiger partial charge is 0.134 e. The van der Waals surface area contributed by atoms with Crippen molar-refractivity contribution in [3.8, 4) is 17.6 Å². The number of benzene rings is 1. The van der Waals surface area contributed by atoms with Gasteiger partial charge in [-0.2, -0.15) is 0 Å². The van der Waals surface area contributed by atoms with Crippen LogP contribution in [0.1, 0.15) is 11.3 Å². The van der Waals surface area contributed by atoms with Crippen molar-refractivity contribution in [1.29, 1.82) is 0 Å². The predicted octanol–water partition coefficient (Wildman–Crippen LogP) is 3.29. The second-order valence-corrected chi connectivity index (χ2v) is 4.12. The van der Waals surface area contributed by atoms with Crippen molar-refractivity contribution in [2.45, 2.75) is 6.42 Å². The van der Waals surface area contributed by atoms with Gasteiger partial charge < -0.3 is 4.74 Å². The summed E-state index contributed by atoms with van der Waals surface area (Å²) in [6.07, 6.45) is 2.56. The molecule has 0 atom stereocenters. The summed E-state index contributed by atoms with van der Waals surface area (Å²) in [6, 6.07) is 13.6. The normalized spacial score (nSPS) is 9.53. The van der Waals surface area contributed by atoms with Crippen molar-refractivity contribution < 1.29 is 4.74 Å². The maximum atomic E-state index is 5.75. The SMILES string of the molecule is ClCC#Cc1ccccc1OCCc1ccccn1. The first-order valence-corrected chi connectivity index (χ1v) is 6.60. The largest absolute Gasteiger partial charge is 0.492 e. The van der Waals surface area contributed by atoms with Crippen molar-refractivity contribution in [3.05, 3.63) is 59.9 Å². The van der Waals surface area contributed by atoms with Crippen molar-refractivity contribution >= 4 is 11.6 Å². The van der Waals surface area contributed by atoms with E-state index in [0.29, 0.717) is 12.5 Å². The molecule has 0 aliphatic rings. The number of para-hydroxylation sites is 1. The van der Waals surface area contributed by atoms with E-state index in [1.807, 2.05) is 42.5 Å². The number of aromatic nitrogens is 1. The summed E-state index contributed by atoms with van der Waals surface area (Å²) in [5, 5.41) is 0. The van der Waals surface area contributed by atoms with Gasteiger partial charge in [0.1, 0.15) is 5.75 Å². The fourth-order valence-electron chi connectivity index (χ4n) is 1.64. The monoisotopic (exact) mass is 271 g/mol. The lowest BCUT2D eigenvalue weighted by Gasteiger charge is -2.07. The molecule has 19 heavy (non-hydrogen) atoms. The molecule has 1 heterocycles. The average Bonchev–Trinajstić information content (AvgIpc) is 2.47. The molecule has 2 rings (SSSR count). The van der Waals surface area contributed by atoms with Crippen molar-refractivity contribution in [2.75, 3.05) is 12.5 Å². The maximum Gasteiger partial charge on any atom is 0.134 e. The number of hydrogen-bond acceptors (Lipinski definition) is 2. The van der Waals surface area contributed by atoms with E-state index < -0.39 is 0 Å². The molecule has 0 aliphatic heterocycles. The van der Waals surface area contributed by atoms with Gasteiger partial charge in [-0.05, 0) is 24.3 Å². The maximum absolute atomic E-state index is 5.75. The van der Waals surface area contributed by atoms with Crippen LogP contribution in [0.2, 0.25) is 0 Å². The fraction of sp³-hybridized carbons (Fsp3) is 0.188. The first kappa shape index (κ1) is 13.5. The van der Waals surface area contributed by atoms with Gasteiger partial charge in [0.05, 0.1) is 18.1 Å². The molecule has 2 aromatic rings. The lowest BCUT2D eigenvalue weighted by atomic mass is 10.2. The quantitative estimate of drug-likeness (QED) is 0.629. The Balaban J connectivity index is 1.96. The second-order valence-electron chi connectivity index (χ2n) is 3.85. The summed E-state index contributed by atoms with van der Waals surface area (Å²) in [4.78, 5) is 4.26. The molecule has 1 aromatic heterocycles. The average molecular weight is 272 g/mol. The van der Waals surface area contributed by atoms with Gasteiger partial charge in [-0.3, -0.25) is 4.98 Å². The zero-order chi connectivity index (χ0) is 13.3. The van der Waals surface area contributed by atoms with Crippen LogP contribution in [0.25, 0.3) is 0 Å². The van der Waals surface area contributed by atoms with E-state index in [-0.39, 0.29) is 0 Å². The Labute approximate surface area is 118 Å². The molecular weight excluding hydrogens is 258 g/mol. The molecule has 0 fully saturated rings. The van der Waals surface area contributed by atoms with E-state index >= 15 is 0 Å². The molecule has 0 spiro atoms. The zero-order valence-electron chi connectivity index (χ0n) is 10.5. The van der Waals surface area contributed by atoms with Gasteiger partial charge in [0.15, 0.2) is 0 Å². The van der Waals surface area contributed by atoms with Crippen LogP contribution in [0.15, 0.2) is 48.7 Å². The van der Waals surface area contributed by atoms with Crippen LogP contribution in [0.5, 0.6) is 5.75 Å². The molecule has 0 amide bonds. The molecule has 0 saturated heterocycles. The summed E-state index contributed by atoms with van der Waals surface area (Å²) in [7, 11) is 0. The summed E-state index contributed by atoms with van der Waals surface area (Å²) in [5.74, 6) is 6.93. The molecule has 96 valence electrons. The van der Waals surface area contributed by atoms with Crippen molar-refractivity contribution in [1.82, 2.24) is 4.98 Å². The van der Waals surface area contributed by atoms with Crippen LogP contribution in [-0.4, -0.2) is 17.5 Å². The van der Waals surface area contributed by atoms with Crippen LogP contribution in [0.4, 0.5) is 0 Å². The van der Waals surface area contributed by atoms with Gasteiger partial charge in [0.25, 0.3) is 0 Å². The van der Waals surface area contributed by atoms with Gasteiger partial charge in [-0.15, -0.1) is 11.6 Å². The van der Waals surface area contributed by atoms with E-state index in [9.17, 15) is 0 Å². The highest BCUT2D eigenvalue weighted by atomic mass is 35.5. The zero-order valence-corrected chi connectivity index (χ0v) is 11.2. The number of pyridine rings is 1. The topological polar surface area (TPSA) is 22.1 Å². The van der Waals surface area contributed by atoms with Gasteiger partial charge >= 0.3 is 0 Å². The minimum absolute atomic E-state index is 0.322. The number of rotatable bonds is 4. The molecule has 0 radical (unpaired) electrons. The number of hydrogen-bond donors (Lipinski definition) is 0. The Morgan fingerprint density at radius 3 is 2.74 bits per heavy atom. The van der Waals surface area contributed by atoms with Crippen molar-refractivity contribution in [3.63, 3.8) is 0 Å². The first-order chi connectivity index (χ1) is 9.40. The third-order valence-corrected chi connectivity index (χ3v) is 2.65. The van der Waals surface area contributed by atoms with E-state index in [1.165, 1.54) is 0 Å². The number of alkyl halides is 1. The highest BCUT2D eigenvalue weighted by Crippen LogP contribution is 2.16. The molecule has 0 N–H and O–H groups in total. The predicted molar refractivity (Wildman–Crippen MR) is 77.5 cm³/mol. The molecule has 0 saturated carbocycles. The minimum Gasteiger partial charge on any atom is -0.492 e. The lowest BCUT2D eigenvalue weighted by molar-refractivity contribution is 0.319. The van der Waals surface area contributed by atoms with Crippen LogP contribution < -0.4 is 4.74 Å². The van der Waals surface area contributed by atoms with Crippen LogP contribution in [-0.2, 0) is 6.42 Å². The number of ether oxygens (including phenoxy) is 1. The Hall–Kier alpha value is -1.98. The molecule has 1 aromatic carbocycles. The first-order valence-electron chi connectivity index (χ1n) is 6.06. The van der Waals surface area contributed by atoms with E-state index in [4.69, 9.17) is 16.3 Å².